The average molecular weight is 518 g/mol. The van der Waals surface area contributed by atoms with Crippen LogP contribution >= 0.6 is 11.6 Å². The van der Waals surface area contributed by atoms with Crippen molar-refractivity contribution >= 4 is 34.7 Å². The molecular weight excluding hydrogens is 499 g/mol. The topological polar surface area (TPSA) is 76.1 Å². The number of halogens is 4. The molecule has 1 heterocycles. The number of anilines is 1. The Morgan fingerprint density at radius 2 is 1.72 bits per heavy atom. The van der Waals surface area contributed by atoms with Crippen molar-refractivity contribution in [2.75, 3.05) is 12.0 Å². The maximum Gasteiger partial charge on any atom is 0.573 e. The van der Waals surface area contributed by atoms with E-state index in [1.165, 1.54) is 31.4 Å². The monoisotopic (exact) mass is 517 g/mol. The van der Waals surface area contributed by atoms with Crippen LogP contribution in [0.4, 0.5) is 18.9 Å². The molecule has 1 amide bonds. The Kier molecular flexibility index (Phi) is 6.69. The number of aryl methyl sites for hydroxylation is 1. The third kappa shape index (κ3) is 4.87. The summed E-state index contributed by atoms with van der Waals surface area (Å²) in [5, 5.41) is 11.3. The second-order valence-corrected chi connectivity index (χ2v) is 8.38. The zero-order chi connectivity index (χ0) is 26.2. The number of carbonyl (C=O) groups excluding carboxylic acids is 2. The number of nitrogens with zero attached hydrogens (tertiary/aromatic N) is 1. The van der Waals surface area contributed by atoms with Crippen molar-refractivity contribution < 1.29 is 37.3 Å². The van der Waals surface area contributed by atoms with E-state index in [-0.39, 0.29) is 21.8 Å². The van der Waals surface area contributed by atoms with Crippen LogP contribution in [0.3, 0.4) is 0 Å². The number of alkyl halides is 3. The van der Waals surface area contributed by atoms with Crippen molar-refractivity contribution in [1.29, 1.82) is 0 Å². The van der Waals surface area contributed by atoms with E-state index in [2.05, 4.69) is 4.74 Å². The molecule has 1 saturated heterocycles. The number of benzene rings is 3. The number of methoxy groups -OCH3 is 1. The van der Waals surface area contributed by atoms with Gasteiger partial charge in [0, 0.05) is 17.3 Å². The molecule has 1 aliphatic rings. The first kappa shape index (κ1) is 25.1. The number of amides is 1. The van der Waals surface area contributed by atoms with E-state index in [9.17, 15) is 27.9 Å². The highest BCUT2D eigenvalue weighted by molar-refractivity contribution is 6.52. The Morgan fingerprint density at radius 3 is 2.39 bits per heavy atom. The summed E-state index contributed by atoms with van der Waals surface area (Å²) in [6, 6.07) is 14.8. The van der Waals surface area contributed by atoms with Gasteiger partial charge in [0.25, 0.3) is 11.7 Å². The van der Waals surface area contributed by atoms with E-state index in [4.69, 9.17) is 16.3 Å². The lowest BCUT2D eigenvalue weighted by atomic mass is 9.94. The number of hydrogen-bond acceptors (Lipinski definition) is 5. The van der Waals surface area contributed by atoms with Crippen molar-refractivity contribution in [3.63, 3.8) is 0 Å². The Hall–Kier alpha value is -3.98. The zero-order valence-electron chi connectivity index (χ0n) is 19.0. The summed E-state index contributed by atoms with van der Waals surface area (Å²) in [5.41, 5.74) is 1.01. The smallest absolute Gasteiger partial charge is 0.507 e. The van der Waals surface area contributed by atoms with Gasteiger partial charge in [-0.1, -0.05) is 47.5 Å². The summed E-state index contributed by atoms with van der Waals surface area (Å²) in [6.45, 7) is 1.80. The van der Waals surface area contributed by atoms with E-state index < -0.39 is 35.6 Å². The quantitative estimate of drug-likeness (QED) is 0.248. The molecule has 10 heteroatoms. The molecule has 6 nitrogen and oxygen atoms in total. The standard InChI is InChI=1S/C26H19ClF3NO5/c1-14-5-3-6-15(11-14)22-21(23(32)19-13-17(35-2)9-10-20(19)27)24(33)25(34)31(22)16-7-4-8-18(12-16)36-26(28,29)30/h3-13,22,32H,1-2H3/b23-21+. The number of Topliss-reactive ketones (excluding diaryl/α,β-unsaturated/α-hetero) is 1. The SMILES string of the molecule is COc1ccc(Cl)c(/C(O)=C2\C(=O)C(=O)N(c3cccc(OC(F)(F)F)c3)C2c2cccc(C)c2)c1. The van der Waals surface area contributed by atoms with Gasteiger partial charge in [0.1, 0.15) is 17.3 Å². The van der Waals surface area contributed by atoms with Gasteiger partial charge in [-0.3, -0.25) is 14.5 Å². The Bertz CT molecular complexity index is 1390. The van der Waals surface area contributed by atoms with E-state index in [0.717, 1.165) is 22.6 Å². The summed E-state index contributed by atoms with van der Waals surface area (Å²) >= 11 is 6.28. The van der Waals surface area contributed by atoms with Gasteiger partial charge in [0.15, 0.2) is 0 Å². The van der Waals surface area contributed by atoms with Crippen LogP contribution in [-0.4, -0.2) is 30.3 Å². The third-order valence-electron chi connectivity index (χ3n) is 5.56. The number of ketones is 1. The normalized spacial score (nSPS) is 17.4. The fourth-order valence-electron chi connectivity index (χ4n) is 4.04. The number of aliphatic hydroxyl groups excluding tert-OH is 1. The minimum atomic E-state index is -4.95. The van der Waals surface area contributed by atoms with Crippen molar-refractivity contribution in [1.82, 2.24) is 0 Å². The van der Waals surface area contributed by atoms with Gasteiger partial charge in [0.2, 0.25) is 0 Å². The van der Waals surface area contributed by atoms with Gasteiger partial charge in [-0.25, -0.2) is 0 Å². The molecule has 186 valence electrons. The van der Waals surface area contributed by atoms with Gasteiger partial charge in [-0.15, -0.1) is 13.2 Å². The minimum Gasteiger partial charge on any atom is -0.507 e. The molecule has 3 aromatic carbocycles. The first-order valence-corrected chi connectivity index (χ1v) is 10.9. The molecule has 0 spiro atoms. The lowest BCUT2D eigenvalue weighted by molar-refractivity contribution is -0.274. The Morgan fingerprint density at radius 1 is 1.00 bits per heavy atom. The van der Waals surface area contributed by atoms with Crippen molar-refractivity contribution in [3.8, 4) is 11.5 Å². The van der Waals surface area contributed by atoms with Crippen molar-refractivity contribution in [3.05, 3.63) is 94.0 Å². The Labute approximate surface area is 209 Å². The van der Waals surface area contributed by atoms with Gasteiger partial charge in [-0.2, -0.15) is 0 Å². The molecule has 1 N–H and O–H groups in total. The summed E-state index contributed by atoms with van der Waals surface area (Å²) < 4.78 is 47.6. The number of aliphatic hydroxyl groups is 1. The lowest BCUT2D eigenvalue weighted by Gasteiger charge is -2.26. The van der Waals surface area contributed by atoms with Crippen LogP contribution in [0.5, 0.6) is 11.5 Å². The average Bonchev–Trinajstić information content (AvgIpc) is 3.08. The lowest BCUT2D eigenvalue weighted by Crippen LogP contribution is -2.29. The molecule has 0 bridgehead atoms. The molecule has 36 heavy (non-hydrogen) atoms. The maximum absolute atomic E-state index is 13.3. The van der Waals surface area contributed by atoms with Crippen LogP contribution in [0.2, 0.25) is 5.02 Å². The molecule has 1 aliphatic heterocycles. The molecule has 1 unspecified atom stereocenters. The van der Waals surface area contributed by atoms with Gasteiger partial charge < -0.3 is 14.6 Å². The number of hydrogen-bond donors (Lipinski definition) is 1. The van der Waals surface area contributed by atoms with Crippen LogP contribution in [0.15, 0.2) is 72.3 Å². The number of carbonyl (C=O) groups is 2. The molecule has 0 radical (unpaired) electrons. The van der Waals surface area contributed by atoms with Crippen LogP contribution in [0, 0.1) is 6.92 Å². The number of ether oxygens (including phenoxy) is 2. The predicted octanol–water partition coefficient (Wildman–Crippen LogP) is 6.18. The molecule has 1 atom stereocenters. The first-order chi connectivity index (χ1) is 17.0. The molecule has 0 saturated carbocycles. The van der Waals surface area contributed by atoms with E-state index in [1.807, 2.05) is 0 Å². The minimum absolute atomic E-state index is 0.0267. The fourth-order valence-corrected chi connectivity index (χ4v) is 4.25. The molecular formula is C26H19ClF3NO5. The van der Waals surface area contributed by atoms with Crippen molar-refractivity contribution in [2.24, 2.45) is 0 Å². The maximum atomic E-state index is 13.3. The highest BCUT2D eigenvalue weighted by Gasteiger charge is 2.47. The van der Waals surface area contributed by atoms with Gasteiger partial charge >= 0.3 is 6.36 Å². The highest BCUT2D eigenvalue weighted by atomic mass is 35.5. The highest BCUT2D eigenvalue weighted by Crippen LogP contribution is 2.44. The fraction of sp³-hybridized carbons (Fsp3) is 0.154. The summed E-state index contributed by atoms with van der Waals surface area (Å²) in [6.07, 6.45) is -4.95. The third-order valence-corrected chi connectivity index (χ3v) is 5.89. The summed E-state index contributed by atoms with van der Waals surface area (Å²) in [4.78, 5) is 27.5. The predicted molar refractivity (Wildman–Crippen MR) is 127 cm³/mol. The molecule has 0 aromatic heterocycles. The number of rotatable bonds is 5. The van der Waals surface area contributed by atoms with Crippen molar-refractivity contribution in [2.45, 2.75) is 19.3 Å². The van der Waals surface area contributed by atoms with Crippen LogP contribution in [0.25, 0.3) is 5.76 Å². The molecule has 1 fully saturated rings. The van der Waals surface area contributed by atoms with Crippen LogP contribution in [0.1, 0.15) is 22.7 Å². The van der Waals surface area contributed by atoms with E-state index in [0.29, 0.717) is 11.3 Å². The van der Waals surface area contributed by atoms with E-state index in [1.54, 1.807) is 37.3 Å². The summed E-state index contributed by atoms with van der Waals surface area (Å²) in [5.74, 6) is -2.83. The molecule has 3 aromatic rings. The second-order valence-electron chi connectivity index (χ2n) is 7.97. The van der Waals surface area contributed by atoms with Crippen LogP contribution in [-0.2, 0) is 9.59 Å². The summed E-state index contributed by atoms with van der Waals surface area (Å²) in [7, 11) is 1.41. The molecule has 4 rings (SSSR count). The second kappa shape index (κ2) is 9.58. The first-order valence-electron chi connectivity index (χ1n) is 10.6. The van der Waals surface area contributed by atoms with E-state index >= 15 is 0 Å². The zero-order valence-corrected chi connectivity index (χ0v) is 19.7. The van der Waals surface area contributed by atoms with Crippen LogP contribution < -0.4 is 14.4 Å². The van der Waals surface area contributed by atoms with Gasteiger partial charge in [0.05, 0.1) is 23.7 Å². The molecule has 0 aliphatic carbocycles. The Balaban J connectivity index is 1.94. The largest absolute Gasteiger partial charge is 0.573 e. The van der Waals surface area contributed by atoms with Gasteiger partial charge in [-0.05, 0) is 42.8 Å².